The molecule has 0 saturated carbocycles. The number of hydrogen-bond acceptors (Lipinski definition) is 5. The lowest BCUT2D eigenvalue weighted by atomic mass is 10.2. The summed E-state index contributed by atoms with van der Waals surface area (Å²) in [6, 6.07) is 12.5. The average Bonchev–Trinajstić information content (AvgIpc) is 2.91. The fourth-order valence-electron chi connectivity index (χ4n) is 2.43. The van der Waals surface area contributed by atoms with Crippen LogP contribution in [0.25, 0.3) is 0 Å². The van der Waals surface area contributed by atoms with Crippen LogP contribution in [0.4, 0.5) is 5.69 Å². The third-order valence-corrected chi connectivity index (χ3v) is 4.74. The zero-order chi connectivity index (χ0) is 18.4. The standard InChI is InChI=1S/C19H20N2O4S/c1-20-19(23)13-3-5-14(6-4-13)21-18(22)12-26-15-7-8-16-17(11-15)25-10-2-9-24-16/h3-8,11H,2,9-10,12H2,1H3,(H,20,23)(H,21,22). The van der Waals surface area contributed by atoms with Crippen LogP contribution in [0, 0.1) is 0 Å². The highest BCUT2D eigenvalue weighted by Gasteiger charge is 2.12. The Morgan fingerprint density at radius 1 is 1.04 bits per heavy atom. The Morgan fingerprint density at radius 2 is 1.77 bits per heavy atom. The molecule has 1 aliphatic heterocycles. The van der Waals surface area contributed by atoms with Crippen LogP contribution in [-0.4, -0.2) is 37.8 Å². The predicted octanol–water partition coefficient (Wildman–Crippen LogP) is 2.94. The second kappa shape index (κ2) is 8.62. The van der Waals surface area contributed by atoms with Gasteiger partial charge in [0.2, 0.25) is 5.91 Å². The normalized spacial score (nSPS) is 12.8. The first-order valence-electron chi connectivity index (χ1n) is 8.30. The van der Waals surface area contributed by atoms with E-state index in [-0.39, 0.29) is 17.6 Å². The van der Waals surface area contributed by atoms with Crippen molar-refractivity contribution in [2.75, 3.05) is 31.3 Å². The quantitative estimate of drug-likeness (QED) is 0.789. The van der Waals surface area contributed by atoms with Crippen molar-refractivity contribution in [3.8, 4) is 11.5 Å². The van der Waals surface area contributed by atoms with Crippen LogP contribution in [0.1, 0.15) is 16.8 Å². The van der Waals surface area contributed by atoms with Crippen LogP contribution < -0.4 is 20.1 Å². The third kappa shape index (κ3) is 4.70. The number of thioether (sulfide) groups is 1. The molecule has 0 bridgehead atoms. The third-order valence-electron chi connectivity index (χ3n) is 3.75. The average molecular weight is 372 g/mol. The van der Waals surface area contributed by atoms with Gasteiger partial charge < -0.3 is 20.1 Å². The monoisotopic (exact) mass is 372 g/mol. The van der Waals surface area contributed by atoms with Gasteiger partial charge in [-0.2, -0.15) is 0 Å². The maximum absolute atomic E-state index is 12.1. The summed E-state index contributed by atoms with van der Waals surface area (Å²) in [5.74, 6) is 1.46. The summed E-state index contributed by atoms with van der Waals surface area (Å²) in [5.41, 5.74) is 1.20. The lowest BCUT2D eigenvalue weighted by Gasteiger charge is -2.09. The summed E-state index contributed by atoms with van der Waals surface area (Å²) in [4.78, 5) is 24.6. The van der Waals surface area contributed by atoms with Crippen molar-refractivity contribution in [3.63, 3.8) is 0 Å². The molecular weight excluding hydrogens is 352 g/mol. The number of carbonyl (C=O) groups excluding carboxylic acids is 2. The van der Waals surface area contributed by atoms with Gasteiger partial charge in [0, 0.05) is 29.6 Å². The molecule has 26 heavy (non-hydrogen) atoms. The fourth-order valence-corrected chi connectivity index (χ4v) is 3.15. The molecule has 0 aromatic heterocycles. The summed E-state index contributed by atoms with van der Waals surface area (Å²) in [5, 5.41) is 5.38. The van der Waals surface area contributed by atoms with E-state index in [0.717, 1.165) is 22.8 Å². The molecule has 0 unspecified atom stereocenters. The van der Waals surface area contributed by atoms with Crippen molar-refractivity contribution in [2.45, 2.75) is 11.3 Å². The van der Waals surface area contributed by atoms with Crippen molar-refractivity contribution < 1.29 is 19.1 Å². The minimum absolute atomic E-state index is 0.116. The van der Waals surface area contributed by atoms with Crippen LogP contribution in [0.3, 0.4) is 0 Å². The maximum Gasteiger partial charge on any atom is 0.251 e. The van der Waals surface area contributed by atoms with Gasteiger partial charge in [0.05, 0.1) is 19.0 Å². The largest absolute Gasteiger partial charge is 0.490 e. The number of benzene rings is 2. The molecule has 2 aromatic carbocycles. The van der Waals surface area contributed by atoms with E-state index in [9.17, 15) is 9.59 Å². The number of rotatable bonds is 5. The van der Waals surface area contributed by atoms with E-state index in [1.807, 2.05) is 18.2 Å². The molecule has 1 heterocycles. The summed E-state index contributed by atoms with van der Waals surface area (Å²) >= 11 is 1.43. The van der Waals surface area contributed by atoms with Crippen LogP contribution in [0.5, 0.6) is 11.5 Å². The summed E-state index contributed by atoms with van der Waals surface area (Å²) in [6.07, 6.45) is 0.859. The minimum Gasteiger partial charge on any atom is -0.490 e. The second-order valence-corrected chi connectivity index (χ2v) is 6.70. The van der Waals surface area contributed by atoms with E-state index in [1.165, 1.54) is 11.8 Å². The number of carbonyl (C=O) groups is 2. The molecule has 0 fully saturated rings. The number of ether oxygens (including phenoxy) is 2. The molecule has 2 amide bonds. The van der Waals surface area contributed by atoms with Gasteiger partial charge in [0.25, 0.3) is 5.91 Å². The van der Waals surface area contributed by atoms with Gasteiger partial charge in [-0.1, -0.05) is 0 Å². The molecule has 2 N–H and O–H groups in total. The van der Waals surface area contributed by atoms with Crippen LogP contribution >= 0.6 is 11.8 Å². The first-order valence-corrected chi connectivity index (χ1v) is 9.29. The van der Waals surface area contributed by atoms with Crippen molar-refractivity contribution in [2.24, 2.45) is 0 Å². The van der Waals surface area contributed by atoms with Crippen LogP contribution in [0.15, 0.2) is 47.4 Å². The summed E-state index contributed by atoms with van der Waals surface area (Å²) < 4.78 is 11.3. The van der Waals surface area contributed by atoms with E-state index >= 15 is 0 Å². The molecule has 3 rings (SSSR count). The number of fused-ring (bicyclic) bond motifs is 1. The SMILES string of the molecule is CNC(=O)c1ccc(NC(=O)CSc2ccc3c(c2)OCCCO3)cc1. The van der Waals surface area contributed by atoms with Crippen LogP contribution in [0.2, 0.25) is 0 Å². The highest BCUT2D eigenvalue weighted by atomic mass is 32.2. The summed E-state index contributed by atoms with van der Waals surface area (Å²) in [6.45, 7) is 1.29. The summed E-state index contributed by atoms with van der Waals surface area (Å²) in [7, 11) is 1.58. The zero-order valence-electron chi connectivity index (χ0n) is 14.4. The van der Waals surface area contributed by atoms with Crippen molar-refractivity contribution >= 4 is 29.3 Å². The van der Waals surface area contributed by atoms with Gasteiger partial charge >= 0.3 is 0 Å². The van der Waals surface area contributed by atoms with Crippen molar-refractivity contribution in [1.82, 2.24) is 5.32 Å². The highest BCUT2D eigenvalue weighted by molar-refractivity contribution is 8.00. The Kier molecular flexibility index (Phi) is 6.01. The van der Waals surface area contributed by atoms with Gasteiger partial charge in [-0.25, -0.2) is 0 Å². The lowest BCUT2D eigenvalue weighted by molar-refractivity contribution is -0.113. The van der Waals surface area contributed by atoms with E-state index in [2.05, 4.69) is 10.6 Å². The van der Waals surface area contributed by atoms with Gasteiger partial charge in [-0.15, -0.1) is 11.8 Å². The zero-order valence-corrected chi connectivity index (χ0v) is 15.2. The van der Waals surface area contributed by atoms with Gasteiger partial charge in [-0.3, -0.25) is 9.59 Å². The lowest BCUT2D eigenvalue weighted by Crippen LogP contribution is -2.18. The first-order chi connectivity index (χ1) is 12.7. The molecular formula is C19H20N2O4S. The molecule has 0 saturated heterocycles. The van der Waals surface area contributed by atoms with Gasteiger partial charge in [-0.05, 0) is 42.5 Å². The Hall–Kier alpha value is -2.67. The van der Waals surface area contributed by atoms with Crippen molar-refractivity contribution in [3.05, 3.63) is 48.0 Å². The predicted molar refractivity (Wildman–Crippen MR) is 101 cm³/mol. The van der Waals surface area contributed by atoms with E-state index in [0.29, 0.717) is 24.5 Å². The Bertz CT molecular complexity index is 793. The number of anilines is 1. The number of nitrogens with one attached hydrogen (secondary N) is 2. The van der Waals surface area contributed by atoms with Gasteiger partial charge in [0.1, 0.15) is 0 Å². The van der Waals surface area contributed by atoms with Crippen molar-refractivity contribution in [1.29, 1.82) is 0 Å². The second-order valence-electron chi connectivity index (χ2n) is 5.65. The first kappa shape index (κ1) is 18.1. The topological polar surface area (TPSA) is 76.7 Å². The Labute approximate surface area is 156 Å². The number of amides is 2. The smallest absolute Gasteiger partial charge is 0.251 e. The molecule has 0 atom stereocenters. The molecule has 6 nitrogen and oxygen atoms in total. The number of hydrogen-bond donors (Lipinski definition) is 2. The molecule has 0 spiro atoms. The molecule has 2 aromatic rings. The van der Waals surface area contributed by atoms with Crippen LogP contribution in [-0.2, 0) is 4.79 Å². The molecule has 0 radical (unpaired) electrons. The molecule has 0 aliphatic carbocycles. The van der Waals surface area contributed by atoms with E-state index in [1.54, 1.807) is 31.3 Å². The fraction of sp³-hybridized carbons (Fsp3) is 0.263. The maximum atomic E-state index is 12.1. The van der Waals surface area contributed by atoms with Gasteiger partial charge in [0.15, 0.2) is 11.5 Å². The molecule has 136 valence electrons. The highest BCUT2D eigenvalue weighted by Crippen LogP contribution is 2.33. The Morgan fingerprint density at radius 3 is 2.50 bits per heavy atom. The minimum atomic E-state index is -0.159. The Balaban J connectivity index is 1.54. The molecule has 1 aliphatic rings. The van der Waals surface area contributed by atoms with E-state index < -0.39 is 0 Å². The molecule has 7 heteroatoms. The van der Waals surface area contributed by atoms with E-state index in [4.69, 9.17) is 9.47 Å².